The second-order valence-corrected chi connectivity index (χ2v) is 5.96. The van der Waals surface area contributed by atoms with Crippen LogP contribution in [0.25, 0.3) is 5.69 Å². The quantitative estimate of drug-likeness (QED) is 0.734. The number of ether oxygens (including phenoxy) is 1. The maximum Gasteiger partial charge on any atom is 0.300 e. The highest BCUT2D eigenvalue weighted by Gasteiger charge is 2.33. The molecule has 0 unspecified atom stereocenters. The molecule has 0 N–H and O–H groups in total. The largest absolute Gasteiger partial charge is 0.497 e. The van der Waals surface area contributed by atoms with Crippen molar-refractivity contribution in [1.82, 2.24) is 20.2 Å². The lowest BCUT2D eigenvalue weighted by molar-refractivity contribution is 0.0971. The zero-order chi connectivity index (χ0) is 17.4. The smallest absolute Gasteiger partial charge is 0.300 e. The standard InChI is InChI=1S/C18H17N5O2/c1-12-11-13-5-3-4-6-16(13)22(12)18(24)17-19-21-23(20-17)14-7-9-15(25-2)10-8-14/h3-10,12H,11H2,1-2H3/t12-/m0/s1. The SMILES string of the molecule is COc1ccc(-n2nnc(C(=O)N3c4ccccc4C[C@@H]3C)n2)cc1. The van der Waals surface area contributed by atoms with Crippen molar-refractivity contribution < 1.29 is 9.53 Å². The third-order valence-corrected chi connectivity index (χ3v) is 4.33. The van der Waals surface area contributed by atoms with Gasteiger partial charge >= 0.3 is 0 Å². The summed E-state index contributed by atoms with van der Waals surface area (Å²) in [5, 5.41) is 12.2. The number of para-hydroxylation sites is 1. The Kier molecular flexibility index (Phi) is 3.68. The minimum Gasteiger partial charge on any atom is -0.497 e. The fraction of sp³-hybridized carbons (Fsp3) is 0.222. The molecule has 7 heteroatoms. The van der Waals surface area contributed by atoms with Crippen LogP contribution < -0.4 is 9.64 Å². The summed E-state index contributed by atoms with van der Waals surface area (Å²) < 4.78 is 5.13. The molecule has 4 rings (SSSR count). The van der Waals surface area contributed by atoms with Gasteiger partial charge in [-0.1, -0.05) is 18.2 Å². The van der Waals surface area contributed by atoms with E-state index < -0.39 is 0 Å². The number of anilines is 1. The molecule has 0 saturated heterocycles. The topological polar surface area (TPSA) is 73.1 Å². The maximum atomic E-state index is 12.9. The summed E-state index contributed by atoms with van der Waals surface area (Å²) >= 11 is 0. The fourth-order valence-corrected chi connectivity index (χ4v) is 3.11. The van der Waals surface area contributed by atoms with E-state index in [-0.39, 0.29) is 17.8 Å². The van der Waals surface area contributed by atoms with Crippen LogP contribution in [0.5, 0.6) is 5.75 Å². The van der Waals surface area contributed by atoms with Gasteiger partial charge in [-0.05, 0) is 54.5 Å². The average molecular weight is 335 g/mol. The van der Waals surface area contributed by atoms with Crippen molar-refractivity contribution in [3.05, 3.63) is 59.9 Å². The minimum absolute atomic E-state index is 0.0674. The lowest BCUT2D eigenvalue weighted by atomic mass is 10.1. The number of fused-ring (bicyclic) bond motifs is 1. The van der Waals surface area contributed by atoms with Gasteiger partial charge in [0, 0.05) is 11.7 Å². The summed E-state index contributed by atoms with van der Waals surface area (Å²) in [5.74, 6) is 0.583. The molecule has 126 valence electrons. The van der Waals surface area contributed by atoms with Crippen molar-refractivity contribution in [1.29, 1.82) is 0 Å². The molecule has 25 heavy (non-hydrogen) atoms. The van der Waals surface area contributed by atoms with Crippen LogP contribution in [0.3, 0.4) is 0 Å². The summed E-state index contributed by atoms with van der Waals surface area (Å²) in [7, 11) is 1.61. The summed E-state index contributed by atoms with van der Waals surface area (Å²) in [4.78, 5) is 16.0. The third-order valence-electron chi connectivity index (χ3n) is 4.33. The van der Waals surface area contributed by atoms with E-state index in [1.54, 1.807) is 24.1 Å². The highest BCUT2D eigenvalue weighted by atomic mass is 16.5. The van der Waals surface area contributed by atoms with Crippen LogP contribution in [-0.2, 0) is 6.42 Å². The molecular formula is C18H17N5O2. The van der Waals surface area contributed by atoms with E-state index in [0.29, 0.717) is 5.69 Å². The lowest BCUT2D eigenvalue weighted by Crippen LogP contribution is -2.36. The van der Waals surface area contributed by atoms with Gasteiger partial charge < -0.3 is 9.64 Å². The van der Waals surface area contributed by atoms with Crippen LogP contribution in [0, 0.1) is 0 Å². The van der Waals surface area contributed by atoms with Crippen LogP contribution in [0.4, 0.5) is 5.69 Å². The normalized spacial score (nSPS) is 15.9. The average Bonchev–Trinajstić information content (AvgIpc) is 3.25. The van der Waals surface area contributed by atoms with E-state index >= 15 is 0 Å². The van der Waals surface area contributed by atoms with Crippen LogP contribution in [0.1, 0.15) is 23.1 Å². The van der Waals surface area contributed by atoms with Gasteiger partial charge in [0.15, 0.2) is 0 Å². The van der Waals surface area contributed by atoms with Gasteiger partial charge in [-0.3, -0.25) is 4.79 Å². The Morgan fingerprint density at radius 2 is 1.92 bits per heavy atom. The van der Waals surface area contributed by atoms with Crippen LogP contribution >= 0.6 is 0 Å². The molecule has 0 spiro atoms. The molecule has 0 radical (unpaired) electrons. The van der Waals surface area contributed by atoms with Gasteiger partial charge in [-0.15, -0.1) is 15.0 Å². The number of carbonyl (C=O) groups is 1. The molecule has 1 aliphatic heterocycles. The monoisotopic (exact) mass is 335 g/mol. The van der Waals surface area contributed by atoms with Gasteiger partial charge in [-0.25, -0.2) is 0 Å². The molecular weight excluding hydrogens is 318 g/mol. The molecule has 0 bridgehead atoms. The lowest BCUT2D eigenvalue weighted by Gasteiger charge is -2.20. The first-order valence-corrected chi connectivity index (χ1v) is 8.03. The Labute approximate surface area is 144 Å². The molecule has 2 heterocycles. The number of hydrogen-bond donors (Lipinski definition) is 0. The van der Waals surface area contributed by atoms with Crippen molar-refractivity contribution >= 4 is 11.6 Å². The van der Waals surface area contributed by atoms with E-state index in [2.05, 4.69) is 15.4 Å². The Hall–Kier alpha value is -3.22. The third kappa shape index (κ3) is 2.63. The Morgan fingerprint density at radius 1 is 1.16 bits per heavy atom. The van der Waals surface area contributed by atoms with Gasteiger partial charge in [0.05, 0.1) is 12.8 Å². The van der Waals surface area contributed by atoms with Gasteiger partial charge in [0.1, 0.15) is 5.75 Å². The van der Waals surface area contributed by atoms with E-state index in [0.717, 1.165) is 23.4 Å². The number of aromatic nitrogens is 4. The molecule has 1 aromatic heterocycles. The molecule has 1 atom stereocenters. The first-order valence-electron chi connectivity index (χ1n) is 8.03. The Morgan fingerprint density at radius 3 is 2.68 bits per heavy atom. The fourth-order valence-electron chi connectivity index (χ4n) is 3.11. The zero-order valence-corrected chi connectivity index (χ0v) is 14.0. The molecule has 7 nitrogen and oxygen atoms in total. The van der Waals surface area contributed by atoms with Crippen molar-refractivity contribution in [2.24, 2.45) is 0 Å². The number of tetrazole rings is 1. The summed E-state index contributed by atoms with van der Waals surface area (Å²) in [6.07, 6.45) is 0.828. The minimum atomic E-state index is -0.239. The highest BCUT2D eigenvalue weighted by molar-refractivity contribution is 6.05. The molecule has 0 aliphatic carbocycles. The van der Waals surface area contributed by atoms with E-state index in [9.17, 15) is 4.79 Å². The van der Waals surface area contributed by atoms with E-state index in [1.165, 1.54) is 4.80 Å². The second-order valence-electron chi connectivity index (χ2n) is 5.96. The van der Waals surface area contributed by atoms with E-state index in [1.807, 2.05) is 43.3 Å². The number of hydrogen-bond acceptors (Lipinski definition) is 5. The molecule has 1 amide bonds. The predicted octanol–water partition coefficient (Wildman–Crippen LogP) is 2.26. The first kappa shape index (κ1) is 15.3. The number of amides is 1. The molecule has 1 aliphatic rings. The van der Waals surface area contributed by atoms with Crippen molar-refractivity contribution in [2.75, 3.05) is 12.0 Å². The first-order chi connectivity index (χ1) is 12.2. The Balaban J connectivity index is 1.62. The van der Waals surface area contributed by atoms with Gasteiger partial charge in [0.25, 0.3) is 11.7 Å². The Bertz CT molecular complexity index is 919. The zero-order valence-electron chi connectivity index (χ0n) is 14.0. The molecule has 0 fully saturated rings. The van der Waals surface area contributed by atoms with Crippen LogP contribution in [0.15, 0.2) is 48.5 Å². The number of benzene rings is 2. The summed E-state index contributed by atoms with van der Waals surface area (Å²) in [6, 6.07) is 15.2. The number of methoxy groups -OCH3 is 1. The molecule has 0 saturated carbocycles. The van der Waals surface area contributed by atoms with Gasteiger partial charge in [0.2, 0.25) is 0 Å². The summed E-state index contributed by atoms with van der Waals surface area (Å²) in [6.45, 7) is 2.02. The molecule has 3 aromatic rings. The van der Waals surface area contributed by atoms with Crippen molar-refractivity contribution in [3.63, 3.8) is 0 Å². The number of nitrogens with zero attached hydrogens (tertiary/aromatic N) is 5. The summed E-state index contributed by atoms with van der Waals surface area (Å²) in [5.41, 5.74) is 2.79. The molecule has 2 aromatic carbocycles. The maximum absolute atomic E-state index is 12.9. The van der Waals surface area contributed by atoms with Crippen LogP contribution in [0.2, 0.25) is 0 Å². The number of rotatable bonds is 3. The van der Waals surface area contributed by atoms with E-state index in [4.69, 9.17) is 4.74 Å². The number of carbonyl (C=O) groups excluding carboxylic acids is 1. The van der Waals surface area contributed by atoms with Crippen molar-refractivity contribution in [3.8, 4) is 11.4 Å². The van der Waals surface area contributed by atoms with Crippen LogP contribution in [-0.4, -0.2) is 39.3 Å². The second kappa shape index (κ2) is 6.01. The van der Waals surface area contributed by atoms with Gasteiger partial charge in [-0.2, -0.15) is 0 Å². The highest BCUT2D eigenvalue weighted by Crippen LogP contribution is 2.32. The predicted molar refractivity (Wildman–Crippen MR) is 92.1 cm³/mol. The van der Waals surface area contributed by atoms with Crippen molar-refractivity contribution in [2.45, 2.75) is 19.4 Å².